The molecule has 1 atom stereocenters. The standard InChI is InChI=1S/C18H25F2NO2/c1-2-13(7-10-22)12-21-17(23)18(8-3-4-9-18)15-6-5-14(19)11-16(15)20/h5-6,11,13,22H,2-4,7-10,12H2,1H3,(H,21,23). The molecule has 1 aromatic rings. The van der Waals surface area contributed by atoms with Gasteiger partial charge in [-0.3, -0.25) is 4.79 Å². The number of aliphatic hydroxyl groups is 1. The molecule has 0 bridgehead atoms. The van der Waals surface area contributed by atoms with E-state index in [-0.39, 0.29) is 18.4 Å². The fourth-order valence-corrected chi connectivity index (χ4v) is 3.51. The number of hydrogen-bond acceptors (Lipinski definition) is 2. The van der Waals surface area contributed by atoms with E-state index in [9.17, 15) is 13.6 Å². The van der Waals surface area contributed by atoms with Crippen LogP contribution in [0.1, 0.15) is 51.0 Å². The van der Waals surface area contributed by atoms with Crippen molar-refractivity contribution in [1.82, 2.24) is 5.32 Å². The summed E-state index contributed by atoms with van der Waals surface area (Å²) in [6.07, 6.45) is 4.37. The van der Waals surface area contributed by atoms with Gasteiger partial charge in [0, 0.05) is 24.8 Å². The number of carbonyl (C=O) groups is 1. The molecular weight excluding hydrogens is 300 g/mol. The highest BCUT2D eigenvalue weighted by Gasteiger charge is 2.44. The van der Waals surface area contributed by atoms with Crippen molar-refractivity contribution in [2.45, 2.75) is 50.9 Å². The largest absolute Gasteiger partial charge is 0.396 e. The fourth-order valence-electron chi connectivity index (χ4n) is 3.51. The van der Waals surface area contributed by atoms with Crippen molar-refractivity contribution in [3.63, 3.8) is 0 Å². The molecule has 1 aliphatic carbocycles. The normalized spacial score (nSPS) is 17.9. The van der Waals surface area contributed by atoms with Crippen molar-refractivity contribution >= 4 is 5.91 Å². The van der Waals surface area contributed by atoms with Gasteiger partial charge in [-0.05, 0) is 31.2 Å². The van der Waals surface area contributed by atoms with Crippen LogP contribution in [0.15, 0.2) is 18.2 Å². The molecule has 1 amide bonds. The predicted molar refractivity (Wildman–Crippen MR) is 85.0 cm³/mol. The summed E-state index contributed by atoms with van der Waals surface area (Å²) in [6.45, 7) is 2.57. The molecule has 1 aromatic carbocycles. The van der Waals surface area contributed by atoms with Gasteiger partial charge in [-0.25, -0.2) is 8.78 Å². The van der Waals surface area contributed by atoms with E-state index >= 15 is 0 Å². The maximum atomic E-state index is 14.2. The molecule has 0 radical (unpaired) electrons. The van der Waals surface area contributed by atoms with E-state index in [1.807, 2.05) is 6.92 Å². The van der Waals surface area contributed by atoms with Crippen LogP contribution in [0, 0.1) is 17.6 Å². The zero-order valence-corrected chi connectivity index (χ0v) is 13.6. The quantitative estimate of drug-likeness (QED) is 0.808. The fraction of sp³-hybridized carbons (Fsp3) is 0.611. The van der Waals surface area contributed by atoms with Crippen LogP contribution >= 0.6 is 0 Å². The summed E-state index contributed by atoms with van der Waals surface area (Å²) < 4.78 is 27.4. The van der Waals surface area contributed by atoms with E-state index in [1.54, 1.807) is 0 Å². The van der Waals surface area contributed by atoms with Crippen molar-refractivity contribution in [2.24, 2.45) is 5.92 Å². The second-order valence-electron chi connectivity index (χ2n) is 6.41. The van der Waals surface area contributed by atoms with Gasteiger partial charge in [0.05, 0.1) is 5.41 Å². The molecule has 2 N–H and O–H groups in total. The molecule has 0 spiro atoms. The van der Waals surface area contributed by atoms with Gasteiger partial charge in [-0.15, -0.1) is 0 Å². The first-order valence-corrected chi connectivity index (χ1v) is 8.38. The Morgan fingerprint density at radius 1 is 1.35 bits per heavy atom. The minimum atomic E-state index is -0.894. The Morgan fingerprint density at radius 3 is 2.61 bits per heavy atom. The lowest BCUT2D eigenvalue weighted by molar-refractivity contribution is -0.127. The second-order valence-corrected chi connectivity index (χ2v) is 6.41. The monoisotopic (exact) mass is 325 g/mol. The van der Waals surface area contributed by atoms with Gasteiger partial charge in [0.15, 0.2) is 0 Å². The lowest BCUT2D eigenvalue weighted by Crippen LogP contribution is -2.44. The molecule has 0 heterocycles. The maximum absolute atomic E-state index is 14.2. The van der Waals surface area contributed by atoms with E-state index in [0.29, 0.717) is 31.4 Å². The van der Waals surface area contributed by atoms with Crippen LogP contribution in [0.25, 0.3) is 0 Å². The van der Waals surface area contributed by atoms with Crippen LogP contribution in [0.2, 0.25) is 0 Å². The van der Waals surface area contributed by atoms with Crippen molar-refractivity contribution in [1.29, 1.82) is 0 Å². The Labute approximate surface area is 136 Å². The highest BCUT2D eigenvalue weighted by Crippen LogP contribution is 2.42. The number of aliphatic hydroxyl groups excluding tert-OH is 1. The number of carbonyl (C=O) groups excluding carboxylic acids is 1. The molecule has 128 valence electrons. The summed E-state index contributed by atoms with van der Waals surface area (Å²) in [4.78, 5) is 12.8. The third-order valence-corrected chi connectivity index (χ3v) is 5.00. The summed E-state index contributed by atoms with van der Waals surface area (Å²) in [5.74, 6) is -1.25. The minimum Gasteiger partial charge on any atom is -0.396 e. The molecule has 1 fully saturated rings. The van der Waals surface area contributed by atoms with Crippen LogP contribution in [0.4, 0.5) is 8.78 Å². The SMILES string of the molecule is CCC(CCO)CNC(=O)C1(c2ccc(F)cc2F)CCCC1. The van der Waals surface area contributed by atoms with E-state index in [2.05, 4.69) is 5.32 Å². The smallest absolute Gasteiger partial charge is 0.230 e. The predicted octanol–water partition coefficient (Wildman–Crippen LogP) is 3.30. The van der Waals surface area contributed by atoms with Gasteiger partial charge in [0.25, 0.3) is 0 Å². The summed E-state index contributed by atoms with van der Waals surface area (Å²) in [5.41, 5.74) is -0.598. The molecule has 1 aliphatic rings. The van der Waals surface area contributed by atoms with Gasteiger partial charge in [-0.1, -0.05) is 32.3 Å². The first kappa shape index (κ1) is 17.9. The van der Waals surface area contributed by atoms with E-state index in [4.69, 9.17) is 5.11 Å². The molecular formula is C18H25F2NO2. The number of hydrogen-bond donors (Lipinski definition) is 2. The van der Waals surface area contributed by atoms with E-state index < -0.39 is 17.0 Å². The van der Waals surface area contributed by atoms with Gasteiger partial charge in [-0.2, -0.15) is 0 Å². The minimum absolute atomic E-state index is 0.0894. The van der Waals surface area contributed by atoms with E-state index in [0.717, 1.165) is 25.3 Å². The molecule has 0 aliphatic heterocycles. The van der Waals surface area contributed by atoms with Gasteiger partial charge >= 0.3 is 0 Å². The maximum Gasteiger partial charge on any atom is 0.230 e. The van der Waals surface area contributed by atoms with Crippen LogP contribution in [0.5, 0.6) is 0 Å². The van der Waals surface area contributed by atoms with Crippen LogP contribution in [-0.2, 0) is 10.2 Å². The average Bonchev–Trinajstić information content (AvgIpc) is 3.01. The van der Waals surface area contributed by atoms with E-state index in [1.165, 1.54) is 12.1 Å². The summed E-state index contributed by atoms with van der Waals surface area (Å²) in [7, 11) is 0. The molecule has 0 aromatic heterocycles. The molecule has 5 heteroatoms. The highest BCUT2D eigenvalue weighted by molar-refractivity contribution is 5.88. The molecule has 3 nitrogen and oxygen atoms in total. The highest BCUT2D eigenvalue weighted by atomic mass is 19.1. The second kappa shape index (κ2) is 7.86. The lowest BCUT2D eigenvalue weighted by atomic mass is 9.77. The number of benzene rings is 1. The van der Waals surface area contributed by atoms with Crippen LogP contribution in [-0.4, -0.2) is 24.2 Å². The molecule has 1 unspecified atom stereocenters. The number of amides is 1. The summed E-state index contributed by atoms with van der Waals surface area (Å²) in [6, 6.07) is 3.47. The van der Waals surface area contributed by atoms with Crippen LogP contribution < -0.4 is 5.32 Å². The number of nitrogens with one attached hydrogen (secondary N) is 1. The van der Waals surface area contributed by atoms with Crippen LogP contribution in [0.3, 0.4) is 0 Å². The first-order valence-electron chi connectivity index (χ1n) is 8.38. The Balaban J connectivity index is 2.18. The summed E-state index contributed by atoms with van der Waals surface area (Å²) in [5, 5.41) is 12.0. The molecule has 23 heavy (non-hydrogen) atoms. The third kappa shape index (κ3) is 3.89. The zero-order valence-electron chi connectivity index (χ0n) is 13.6. The number of rotatable bonds is 7. The van der Waals surface area contributed by atoms with Crippen molar-refractivity contribution in [3.8, 4) is 0 Å². The van der Waals surface area contributed by atoms with Crippen molar-refractivity contribution in [3.05, 3.63) is 35.4 Å². The van der Waals surface area contributed by atoms with Gasteiger partial charge < -0.3 is 10.4 Å². The molecule has 1 saturated carbocycles. The van der Waals surface area contributed by atoms with Gasteiger partial charge in [0.1, 0.15) is 11.6 Å². The molecule has 2 rings (SSSR count). The molecule has 0 saturated heterocycles. The first-order chi connectivity index (χ1) is 11.0. The number of halogens is 2. The zero-order chi connectivity index (χ0) is 16.9. The average molecular weight is 325 g/mol. The van der Waals surface area contributed by atoms with Crippen molar-refractivity contribution in [2.75, 3.05) is 13.2 Å². The lowest BCUT2D eigenvalue weighted by Gasteiger charge is -2.29. The third-order valence-electron chi connectivity index (χ3n) is 5.00. The Morgan fingerprint density at radius 2 is 2.04 bits per heavy atom. The Bertz CT molecular complexity index is 542. The topological polar surface area (TPSA) is 49.3 Å². The Kier molecular flexibility index (Phi) is 6.10. The van der Waals surface area contributed by atoms with Crippen molar-refractivity contribution < 1.29 is 18.7 Å². The van der Waals surface area contributed by atoms with Gasteiger partial charge in [0.2, 0.25) is 5.91 Å². The summed E-state index contributed by atoms with van der Waals surface area (Å²) >= 11 is 0. The Hall–Kier alpha value is -1.49.